The third kappa shape index (κ3) is 3.32. The van der Waals surface area contributed by atoms with Crippen molar-refractivity contribution >= 4 is 0 Å². The molecule has 0 radical (unpaired) electrons. The summed E-state index contributed by atoms with van der Waals surface area (Å²) in [5.41, 5.74) is 1.87. The van der Waals surface area contributed by atoms with Gasteiger partial charge in [-0.15, -0.1) is 0 Å². The van der Waals surface area contributed by atoms with E-state index in [0.717, 1.165) is 24.1 Å². The van der Waals surface area contributed by atoms with Crippen molar-refractivity contribution in [2.45, 2.75) is 26.7 Å². The van der Waals surface area contributed by atoms with Gasteiger partial charge in [-0.3, -0.25) is 4.79 Å². The van der Waals surface area contributed by atoms with Crippen LogP contribution in [0.15, 0.2) is 35.1 Å². The van der Waals surface area contributed by atoms with Crippen LogP contribution in [0.5, 0.6) is 5.75 Å². The van der Waals surface area contributed by atoms with Crippen LogP contribution in [-0.4, -0.2) is 11.6 Å². The van der Waals surface area contributed by atoms with Crippen molar-refractivity contribution in [3.8, 4) is 22.9 Å². The van der Waals surface area contributed by atoms with Gasteiger partial charge in [0, 0.05) is 16.8 Å². The van der Waals surface area contributed by atoms with E-state index in [1.54, 1.807) is 6.92 Å². The lowest BCUT2D eigenvalue weighted by Crippen LogP contribution is -2.13. The zero-order valence-corrected chi connectivity index (χ0v) is 12.3. The second-order valence-corrected chi connectivity index (χ2v) is 4.88. The number of hydrogen-bond acceptors (Lipinski definition) is 3. The van der Waals surface area contributed by atoms with Crippen molar-refractivity contribution in [2.75, 3.05) is 6.61 Å². The summed E-state index contributed by atoms with van der Waals surface area (Å²) in [7, 11) is 0. The highest BCUT2D eigenvalue weighted by Crippen LogP contribution is 2.31. The van der Waals surface area contributed by atoms with Crippen LogP contribution in [-0.2, 0) is 0 Å². The molecule has 1 aromatic heterocycles. The Bertz CT molecular complexity index is 726. The number of benzene rings is 1. The molecule has 108 valence electrons. The molecule has 0 spiro atoms. The quantitative estimate of drug-likeness (QED) is 0.855. The SMILES string of the molecule is CCCCOc1ccccc1-c1cc(C)[nH]c(=O)c1C#N. The molecule has 0 aliphatic rings. The number of nitriles is 1. The molecule has 1 N–H and O–H groups in total. The van der Waals surface area contributed by atoms with Gasteiger partial charge < -0.3 is 9.72 Å². The van der Waals surface area contributed by atoms with Crippen LogP contribution in [0.25, 0.3) is 11.1 Å². The van der Waals surface area contributed by atoms with Crippen molar-refractivity contribution in [1.29, 1.82) is 5.26 Å². The summed E-state index contributed by atoms with van der Waals surface area (Å²) in [5, 5.41) is 9.25. The van der Waals surface area contributed by atoms with Crippen LogP contribution in [0.3, 0.4) is 0 Å². The predicted octanol–water partition coefficient (Wildman–Crippen LogP) is 3.40. The highest BCUT2D eigenvalue weighted by molar-refractivity contribution is 5.75. The number of hydrogen-bond donors (Lipinski definition) is 1. The fourth-order valence-electron chi connectivity index (χ4n) is 2.15. The molecule has 0 unspecified atom stereocenters. The maximum Gasteiger partial charge on any atom is 0.266 e. The van der Waals surface area contributed by atoms with Gasteiger partial charge in [-0.1, -0.05) is 31.5 Å². The number of nitrogens with zero attached hydrogens (tertiary/aromatic N) is 1. The molecule has 4 heteroatoms. The first-order valence-corrected chi connectivity index (χ1v) is 7.03. The second kappa shape index (κ2) is 6.76. The third-order valence-corrected chi connectivity index (χ3v) is 3.21. The number of unbranched alkanes of at least 4 members (excludes halogenated alkanes) is 1. The minimum Gasteiger partial charge on any atom is -0.493 e. The Hall–Kier alpha value is -2.54. The average molecular weight is 282 g/mol. The monoisotopic (exact) mass is 282 g/mol. The van der Waals surface area contributed by atoms with Gasteiger partial charge in [0.15, 0.2) is 0 Å². The zero-order valence-electron chi connectivity index (χ0n) is 12.3. The molecule has 0 aliphatic carbocycles. The first kappa shape index (κ1) is 14.9. The van der Waals surface area contributed by atoms with Crippen molar-refractivity contribution < 1.29 is 4.74 Å². The number of aromatic nitrogens is 1. The molecule has 2 rings (SSSR count). The van der Waals surface area contributed by atoms with Gasteiger partial charge >= 0.3 is 0 Å². The number of pyridine rings is 1. The molecule has 0 bridgehead atoms. The summed E-state index contributed by atoms with van der Waals surface area (Å²) in [4.78, 5) is 14.6. The minimum absolute atomic E-state index is 0.118. The van der Waals surface area contributed by atoms with Crippen molar-refractivity contribution in [2.24, 2.45) is 0 Å². The van der Waals surface area contributed by atoms with E-state index in [4.69, 9.17) is 4.74 Å². The van der Waals surface area contributed by atoms with Crippen LogP contribution in [0.2, 0.25) is 0 Å². The molecule has 0 saturated heterocycles. The minimum atomic E-state index is -0.365. The number of aryl methyl sites for hydroxylation is 1. The van der Waals surface area contributed by atoms with Crippen molar-refractivity contribution in [1.82, 2.24) is 4.98 Å². The lowest BCUT2D eigenvalue weighted by molar-refractivity contribution is 0.310. The lowest BCUT2D eigenvalue weighted by atomic mass is 10.00. The summed E-state index contributed by atoms with van der Waals surface area (Å²) >= 11 is 0. The number of para-hydroxylation sites is 1. The molecular formula is C17H18N2O2. The molecule has 0 atom stereocenters. The Morgan fingerprint density at radius 2 is 2.05 bits per heavy atom. The average Bonchev–Trinajstić information content (AvgIpc) is 2.47. The van der Waals surface area contributed by atoms with E-state index in [2.05, 4.69) is 11.9 Å². The van der Waals surface area contributed by atoms with Crippen LogP contribution < -0.4 is 10.3 Å². The van der Waals surface area contributed by atoms with E-state index in [9.17, 15) is 10.1 Å². The van der Waals surface area contributed by atoms with Gasteiger partial charge in [-0.2, -0.15) is 5.26 Å². The Balaban J connectivity index is 2.52. The highest BCUT2D eigenvalue weighted by Gasteiger charge is 2.14. The van der Waals surface area contributed by atoms with Crippen LogP contribution >= 0.6 is 0 Å². The largest absolute Gasteiger partial charge is 0.493 e. The van der Waals surface area contributed by atoms with Crippen molar-refractivity contribution in [3.05, 3.63) is 51.9 Å². The summed E-state index contributed by atoms with van der Waals surface area (Å²) in [6.07, 6.45) is 2.02. The molecule has 0 amide bonds. The summed E-state index contributed by atoms with van der Waals surface area (Å²) in [6, 6.07) is 11.3. The standard InChI is InChI=1S/C17H18N2O2/c1-3-4-9-21-16-8-6-5-7-13(16)14-10-12(2)19-17(20)15(14)11-18/h5-8,10H,3-4,9H2,1-2H3,(H,19,20). The lowest BCUT2D eigenvalue weighted by Gasteiger charge is -2.12. The van der Waals surface area contributed by atoms with E-state index < -0.39 is 0 Å². The summed E-state index contributed by atoms with van der Waals surface area (Å²) < 4.78 is 5.79. The smallest absolute Gasteiger partial charge is 0.266 e. The Labute approximate surface area is 124 Å². The van der Waals surface area contributed by atoms with Gasteiger partial charge in [-0.25, -0.2) is 0 Å². The zero-order chi connectivity index (χ0) is 15.2. The Morgan fingerprint density at radius 3 is 2.76 bits per heavy atom. The summed E-state index contributed by atoms with van der Waals surface area (Å²) in [5.74, 6) is 0.701. The molecule has 1 aromatic carbocycles. The molecule has 1 heterocycles. The number of aromatic amines is 1. The number of H-pyrrole nitrogens is 1. The van der Waals surface area contributed by atoms with E-state index in [1.165, 1.54) is 0 Å². The number of ether oxygens (including phenoxy) is 1. The van der Waals surface area contributed by atoms with E-state index in [0.29, 0.717) is 17.9 Å². The highest BCUT2D eigenvalue weighted by atomic mass is 16.5. The van der Waals surface area contributed by atoms with E-state index in [-0.39, 0.29) is 11.1 Å². The van der Waals surface area contributed by atoms with E-state index >= 15 is 0 Å². The fraction of sp³-hybridized carbons (Fsp3) is 0.294. The predicted molar refractivity (Wildman–Crippen MR) is 82.4 cm³/mol. The molecule has 0 aliphatic heterocycles. The maximum atomic E-state index is 11.9. The fourth-order valence-corrected chi connectivity index (χ4v) is 2.15. The number of rotatable bonds is 5. The molecule has 0 saturated carbocycles. The van der Waals surface area contributed by atoms with Crippen molar-refractivity contribution in [3.63, 3.8) is 0 Å². The van der Waals surface area contributed by atoms with Crippen LogP contribution in [0.4, 0.5) is 0 Å². The summed E-state index contributed by atoms with van der Waals surface area (Å²) in [6.45, 7) is 4.52. The maximum absolute atomic E-state index is 11.9. The van der Waals surface area contributed by atoms with E-state index in [1.807, 2.05) is 36.4 Å². The van der Waals surface area contributed by atoms with Gasteiger partial charge in [0.1, 0.15) is 17.4 Å². The van der Waals surface area contributed by atoms with Crippen LogP contribution in [0, 0.1) is 18.3 Å². The molecule has 4 nitrogen and oxygen atoms in total. The van der Waals surface area contributed by atoms with Gasteiger partial charge in [0.05, 0.1) is 6.61 Å². The normalized spacial score (nSPS) is 10.1. The molecule has 0 fully saturated rings. The molecule has 2 aromatic rings. The molecular weight excluding hydrogens is 264 g/mol. The first-order valence-electron chi connectivity index (χ1n) is 7.03. The Morgan fingerprint density at radius 1 is 1.29 bits per heavy atom. The Kier molecular flexibility index (Phi) is 4.78. The van der Waals surface area contributed by atoms with Crippen LogP contribution in [0.1, 0.15) is 31.0 Å². The van der Waals surface area contributed by atoms with Gasteiger partial charge in [0.25, 0.3) is 5.56 Å². The molecule has 21 heavy (non-hydrogen) atoms. The van der Waals surface area contributed by atoms with Gasteiger partial charge in [0.2, 0.25) is 0 Å². The van der Waals surface area contributed by atoms with Gasteiger partial charge in [-0.05, 0) is 25.5 Å². The second-order valence-electron chi connectivity index (χ2n) is 4.88. The first-order chi connectivity index (χ1) is 10.2. The number of nitrogens with one attached hydrogen (secondary N) is 1. The third-order valence-electron chi connectivity index (χ3n) is 3.21. The topological polar surface area (TPSA) is 65.9 Å².